The van der Waals surface area contributed by atoms with Gasteiger partial charge in [0.2, 0.25) is 5.91 Å². The van der Waals surface area contributed by atoms with Gasteiger partial charge in [0.25, 0.3) is 0 Å². The van der Waals surface area contributed by atoms with Gasteiger partial charge in [-0.05, 0) is 18.6 Å². The number of rotatable bonds is 9. The summed E-state index contributed by atoms with van der Waals surface area (Å²) in [6.07, 6.45) is 1.70. The van der Waals surface area contributed by atoms with E-state index >= 15 is 0 Å². The van der Waals surface area contributed by atoms with E-state index in [4.69, 9.17) is 16.7 Å². The number of hydrogen-bond acceptors (Lipinski definition) is 3. The van der Waals surface area contributed by atoms with Crippen LogP contribution in [0.4, 0.5) is 0 Å². The minimum absolute atomic E-state index is 0.128. The molecule has 0 bridgehead atoms. The van der Waals surface area contributed by atoms with Crippen molar-refractivity contribution in [2.24, 2.45) is 5.92 Å². The van der Waals surface area contributed by atoms with Crippen molar-refractivity contribution in [3.8, 4) is 0 Å². The van der Waals surface area contributed by atoms with Gasteiger partial charge in [0, 0.05) is 23.6 Å². The largest absolute Gasteiger partial charge is 0.481 e. The topological polar surface area (TPSA) is 66.4 Å². The Kier molecular flexibility index (Phi) is 8.23. The third-order valence-electron chi connectivity index (χ3n) is 2.96. The average molecular weight is 330 g/mol. The Morgan fingerprint density at radius 1 is 1.38 bits per heavy atom. The van der Waals surface area contributed by atoms with Crippen LogP contribution in [0.3, 0.4) is 0 Å². The number of hydrogen-bond donors (Lipinski definition) is 2. The quantitative estimate of drug-likeness (QED) is 0.681. The Hall–Kier alpha value is -1.20. The molecule has 116 valence electrons. The summed E-state index contributed by atoms with van der Waals surface area (Å²) in [6.45, 7) is 2.12. The molecule has 0 saturated heterocycles. The normalized spacial score (nSPS) is 11.9. The zero-order valence-corrected chi connectivity index (χ0v) is 13.5. The molecule has 1 atom stereocenters. The van der Waals surface area contributed by atoms with Gasteiger partial charge in [0.05, 0.1) is 10.9 Å². The van der Waals surface area contributed by atoms with E-state index in [-0.39, 0.29) is 12.5 Å². The van der Waals surface area contributed by atoms with Crippen LogP contribution in [0.15, 0.2) is 29.2 Å². The van der Waals surface area contributed by atoms with Gasteiger partial charge in [-0.3, -0.25) is 9.59 Å². The second-order valence-electron chi connectivity index (χ2n) is 4.66. The minimum Gasteiger partial charge on any atom is -0.481 e. The summed E-state index contributed by atoms with van der Waals surface area (Å²) in [5, 5.41) is 12.4. The SMILES string of the molecule is CCCC(CNC(=O)CCSc1ccccc1Cl)C(=O)O. The summed E-state index contributed by atoms with van der Waals surface area (Å²) < 4.78 is 0. The Morgan fingerprint density at radius 3 is 2.71 bits per heavy atom. The lowest BCUT2D eigenvalue weighted by Crippen LogP contribution is -2.33. The van der Waals surface area contributed by atoms with Crippen LogP contribution in [0.1, 0.15) is 26.2 Å². The van der Waals surface area contributed by atoms with E-state index in [1.165, 1.54) is 11.8 Å². The van der Waals surface area contributed by atoms with E-state index in [2.05, 4.69) is 5.32 Å². The number of amides is 1. The Bertz CT molecular complexity index is 482. The highest BCUT2D eigenvalue weighted by atomic mass is 35.5. The molecule has 1 amide bonds. The van der Waals surface area contributed by atoms with Gasteiger partial charge in [-0.2, -0.15) is 0 Å². The highest BCUT2D eigenvalue weighted by molar-refractivity contribution is 7.99. The van der Waals surface area contributed by atoms with Gasteiger partial charge in [-0.25, -0.2) is 0 Å². The molecule has 2 N–H and O–H groups in total. The first-order valence-electron chi connectivity index (χ1n) is 6.91. The Morgan fingerprint density at radius 2 is 2.10 bits per heavy atom. The van der Waals surface area contributed by atoms with Gasteiger partial charge < -0.3 is 10.4 Å². The van der Waals surface area contributed by atoms with Gasteiger partial charge in [0.15, 0.2) is 0 Å². The number of benzene rings is 1. The number of carbonyl (C=O) groups excluding carboxylic acids is 1. The lowest BCUT2D eigenvalue weighted by atomic mass is 10.0. The molecule has 1 unspecified atom stereocenters. The Balaban J connectivity index is 2.28. The van der Waals surface area contributed by atoms with E-state index < -0.39 is 11.9 Å². The van der Waals surface area contributed by atoms with Crippen LogP contribution >= 0.6 is 23.4 Å². The zero-order chi connectivity index (χ0) is 15.7. The van der Waals surface area contributed by atoms with Crippen LogP contribution in [-0.2, 0) is 9.59 Å². The van der Waals surface area contributed by atoms with Crippen molar-refractivity contribution in [2.75, 3.05) is 12.3 Å². The fraction of sp³-hybridized carbons (Fsp3) is 0.467. The first-order valence-corrected chi connectivity index (χ1v) is 8.27. The number of carboxylic acids is 1. The van der Waals surface area contributed by atoms with Crippen molar-refractivity contribution in [3.05, 3.63) is 29.3 Å². The van der Waals surface area contributed by atoms with Gasteiger partial charge in [-0.15, -0.1) is 11.8 Å². The molecule has 0 fully saturated rings. The molecule has 0 aliphatic carbocycles. The smallest absolute Gasteiger partial charge is 0.308 e. The summed E-state index contributed by atoms with van der Waals surface area (Å²) >= 11 is 7.54. The van der Waals surface area contributed by atoms with Crippen molar-refractivity contribution >= 4 is 35.2 Å². The van der Waals surface area contributed by atoms with Crippen LogP contribution in [0.25, 0.3) is 0 Å². The maximum absolute atomic E-state index is 11.7. The van der Waals surface area contributed by atoms with Crippen LogP contribution < -0.4 is 5.32 Å². The molecule has 0 aliphatic rings. The number of carbonyl (C=O) groups is 2. The summed E-state index contributed by atoms with van der Waals surface area (Å²) in [5.74, 6) is -0.879. The molecule has 0 saturated carbocycles. The summed E-state index contributed by atoms with van der Waals surface area (Å²) in [4.78, 5) is 23.6. The van der Waals surface area contributed by atoms with Crippen LogP contribution in [0.2, 0.25) is 5.02 Å². The van der Waals surface area contributed by atoms with Crippen LogP contribution in [-0.4, -0.2) is 29.3 Å². The van der Waals surface area contributed by atoms with Crippen LogP contribution in [0, 0.1) is 5.92 Å². The molecular weight excluding hydrogens is 310 g/mol. The maximum atomic E-state index is 11.7. The third-order valence-corrected chi connectivity index (χ3v) is 4.47. The average Bonchev–Trinajstić information content (AvgIpc) is 2.45. The van der Waals surface area contributed by atoms with Gasteiger partial charge in [-0.1, -0.05) is 37.1 Å². The molecule has 0 radical (unpaired) electrons. The maximum Gasteiger partial charge on any atom is 0.308 e. The monoisotopic (exact) mass is 329 g/mol. The molecule has 1 aromatic rings. The number of carboxylic acid groups (broad SMARTS) is 1. The highest BCUT2D eigenvalue weighted by Gasteiger charge is 2.17. The summed E-state index contributed by atoms with van der Waals surface area (Å²) in [7, 11) is 0. The Labute approximate surface area is 134 Å². The number of aliphatic carboxylic acids is 1. The number of halogens is 1. The molecule has 0 spiro atoms. The van der Waals surface area contributed by atoms with E-state index in [0.29, 0.717) is 23.6 Å². The molecule has 1 rings (SSSR count). The third kappa shape index (κ3) is 6.87. The first-order chi connectivity index (χ1) is 10.0. The fourth-order valence-electron chi connectivity index (χ4n) is 1.80. The second kappa shape index (κ2) is 9.68. The molecule has 6 heteroatoms. The first kappa shape index (κ1) is 17.9. The van der Waals surface area contributed by atoms with E-state index in [1.54, 1.807) is 0 Å². The molecule has 4 nitrogen and oxygen atoms in total. The molecule has 21 heavy (non-hydrogen) atoms. The predicted octanol–water partition coefficient (Wildman–Crippen LogP) is 3.44. The van der Waals surface area contributed by atoms with Gasteiger partial charge in [0.1, 0.15) is 0 Å². The molecule has 0 aliphatic heterocycles. The molecule has 0 heterocycles. The highest BCUT2D eigenvalue weighted by Crippen LogP contribution is 2.26. The zero-order valence-electron chi connectivity index (χ0n) is 12.0. The number of thioether (sulfide) groups is 1. The second-order valence-corrected chi connectivity index (χ2v) is 6.20. The van der Waals surface area contributed by atoms with Crippen molar-refractivity contribution in [2.45, 2.75) is 31.1 Å². The van der Waals surface area contributed by atoms with E-state index in [0.717, 1.165) is 11.3 Å². The lowest BCUT2D eigenvalue weighted by molar-refractivity contribution is -0.141. The van der Waals surface area contributed by atoms with Crippen molar-refractivity contribution in [3.63, 3.8) is 0 Å². The van der Waals surface area contributed by atoms with Crippen molar-refractivity contribution in [1.29, 1.82) is 0 Å². The fourth-order valence-corrected chi connectivity index (χ4v) is 2.99. The molecule has 1 aromatic carbocycles. The lowest BCUT2D eigenvalue weighted by Gasteiger charge is -2.12. The summed E-state index contributed by atoms with van der Waals surface area (Å²) in [5.41, 5.74) is 0. The summed E-state index contributed by atoms with van der Waals surface area (Å²) in [6, 6.07) is 7.48. The standard InChI is InChI=1S/C15H20ClNO3S/c1-2-5-11(15(19)20)10-17-14(18)8-9-21-13-7-4-3-6-12(13)16/h3-4,6-7,11H,2,5,8-10H2,1H3,(H,17,18)(H,19,20). The van der Waals surface area contributed by atoms with Gasteiger partial charge >= 0.3 is 5.97 Å². The van der Waals surface area contributed by atoms with E-state index in [9.17, 15) is 9.59 Å². The molecule has 0 aromatic heterocycles. The van der Waals surface area contributed by atoms with Crippen LogP contribution in [0.5, 0.6) is 0 Å². The molecular formula is C15H20ClNO3S. The number of nitrogens with one attached hydrogen (secondary N) is 1. The van der Waals surface area contributed by atoms with E-state index in [1.807, 2.05) is 31.2 Å². The predicted molar refractivity (Wildman–Crippen MR) is 85.8 cm³/mol. The van der Waals surface area contributed by atoms with Crippen molar-refractivity contribution in [1.82, 2.24) is 5.32 Å². The van der Waals surface area contributed by atoms with Crippen molar-refractivity contribution < 1.29 is 14.7 Å². The minimum atomic E-state index is -0.859.